The summed E-state index contributed by atoms with van der Waals surface area (Å²) >= 11 is 0. The van der Waals surface area contributed by atoms with Gasteiger partial charge in [-0.3, -0.25) is 4.79 Å². The quantitative estimate of drug-likeness (QED) is 0.919. The Balaban J connectivity index is 1.76. The standard InChI is InChI=1S/C17H23N3O/c1-13-12-19(2)8-5-9-20(13)17(21)10-14-11-18-16-7-4-3-6-15(14)16/h3-4,6-7,11,13,18H,5,8-10,12H2,1-2H3. The van der Waals surface area contributed by atoms with Crippen LogP contribution in [0.2, 0.25) is 0 Å². The summed E-state index contributed by atoms with van der Waals surface area (Å²) in [4.78, 5) is 20.3. The van der Waals surface area contributed by atoms with Gasteiger partial charge in [0.2, 0.25) is 5.91 Å². The minimum atomic E-state index is 0.238. The highest BCUT2D eigenvalue weighted by Crippen LogP contribution is 2.19. The van der Waals surface area contributed by atoms with Crippen molar-refractivity contribution in [1.82, 2.24) is 14.8 Å². The Morgan fingerprint density at radius 3 is 3.00 bits per heavy atom. The van der Waals surface area contributed by atoms with Gasteiger partial charge >= 0.3 is 0 Å². The molecule has 1 N–H and O–H groups in total. The smallest absolute Gasteiger partial charge is 0.227 e. The number of aromatic amines is 1. The molecule has 1 aromatic carbocycles. The summed E-state index contributed by atoms with van der Waals surface area (Å²) in [5, 5.41) is 1.16. The predicted molar refractivity (Wildman–Crippen MR) is 85.3 cm³/mol. The number of carbonyl (C=O) groups is 1. The fraction of sp³-hybridized carbons (Fsp3) is 0.471. The van der Waals surface area contributed by atoms with Gasteiger partial charge in [-0.05, 0) is 38.6 Å². The van der Waals surface area contributed by atoms with Crippen LogP contribution in [0.25, 0.3) is 10.9 Å². The van der Waals surface area contributed by atoms with Gasteiger partial charge in [-0.25, -0.2) is 0 Å². The van der Waals surface area contributed by atoms with Crippen LogP contribution < -0.4 is 0 Å². The van der Waals surface area contributed by atoms with Crippen LogP contribution in [0.5, 0.6) is 0 Å². The van der Waals surface area contributed by atoms with Crippen LogP contribution in [-0.2, 0) is 11.2 Å². The molecule has 112 valence electrons. The maximum absolute atomic E-state index is 12.7. The lowest BCUT2D eigenvalue weighted by molar-refractivity contribution is -0.132. The largest absolute Gasteiger partial charge is 0.361 e. The van der Waals surface area contributed by atoms with Gasteiger partial charge < -0.3 is 14.8 Å². The summed E-state index contributed by atoms with van der Waals surface area (Å²) < 4.78 is 0. The van der Waals surface area contributed by atoms with E-state index in [4.69, 9.17) is 0 Å². The first-order chi connectivity index (χ1) is 10.1. The van der Waals surface area contributed by atoms with E-state index in [0.29, 0.717) is 6.42 Å². The van der Waals surface area contributed by atoms with Crippen LogP contribution in [0.1, 0.15) is 18.9 Å². The van der Waals surface area contributed by atoms with Crippen molar-refractivity contribution in [2.24, 2.45) is 0 Å². The molecular formula is C17H23N3O. The molecule has 2 aromatic rings. The third-order valence-electron chi connectivity index (χ3n) is 4.38. The zero-order valence-electron chi connectivity index (χ0n) is 12.8. The Bertz CT molecular complexity index is 634. The van der Waals surface area contributed by atoms with E-state index in [-0.39, 0.29) is 11.9 Å². The van der Waals surface area contributed by atoms with E-state index >= 15 is 0 Å². The topological polar surface area (TPSA) is 39.3 Å². The Hall–Kier alpha value is -1.81. The molecule has 3 rings (SSSR count). The van der Waals surface area contributed by atoms with Crippen LogP contribution in [-0.4, -0.2) is 53.4 Å². The molecule has 4 heteroatoms. The third-order valence-corrected chi connectivity index (χ3v) is 4.38. The van der Waals surface area contributed by atoms with Gasteiger partial charge in [-0.15, -0.1) is 0 Å². The second-order valence-electron chi connectivity index (χ2n) is 6.09. The normalized spacial score (nSPS) is 20.7. The van der Waals surface area contributed by atoms with Crippen molar-refractivity contribution in [3.05, 3.63) is 36.0 Å². The maximum Gasteiger partial charge on any atom is 0.227 e. The molecule has 0 spiro atoms. The van der Waals surface area contributed by atoms with Crippen LogP contribution in [0.4, 0.5) is 0 Å². The number of amides is 1. The monoisotopic (exact) mass is 285 g/mol. The number of benzene rings is 1. The summed E-state index contributed by atoms with van der Waals surface area (Å²) in [5.74, 6) is 0.238. The van der Waals surface area contributed by atoms with Crippen molar-refractivity contribution in [3.63, 3.8) is 0 Å². The first-order valence-corrected chi connectivity index (χ1v) is 7.68. The highest BCUT2D eigenvalue weighted by molar-refractivity contribution is 5.89. The first-order valence-electron chi connectivity index (χ1n) is 7.68. The number of aromatic nitrogens is 1. The van der Waals surface area contributed by atoms with E-state index in [9.17, 15) is 4.79 Å². The summed E-state index contributed by atoms with van der Waals surface area (Å²) in [5.41, 5.74) is 2.20. The van der Waals surface area contributed by atoms with Gasteiger partial charge in [0.05, 0.1) is 6.42 Å². The molecule has 0 aliphatic carbocycles. The fourth-order valence-electron chi connectivity index (χ4n) is 3.29. The molecule has 1 fully saturated rings. The van der Waals surface area contributed by atoms with Crippen molar-refractivity contribution >= 4 is 16.8 Å². The molecule has 1 aliphatic rings. The van der Waals surface area contributed by atoms with Crippen molar-refractivity contribution in [3.8, 4) is 0 Å². The minimum absolute atomic E-state index is 0.238. The molecule has 1 aromatic heterocycles. The van der Waals surface area contributed by atoms with E-state index in [0.717, 1.165) is 42.5 Å². The average Bonchev–Trinajstić information content (AvgIpc) is 2.78. The number of likely N-dealkylation sites (N-methyl/N-ethyl adjacent to an activating group) is 1. The van der Waals surface area contributed by atoms with Gasteiger partial charge in [-0.1, -0.05) is 18.2 Å². The Kier molecular flexibility index (Phi) is 3.97. The molecule has 2 heterocycles. The van der Waals surface area contributed by atoms with E-state index in [1.165, 1.54) is 0 Å². The lowest BCUT2D eigenvalue weighted by Crippen LogP contribution is -2.42. The lowest BCUT2D eigenvalue weighted by Gasteiger charge is -2.28. The number of rotatable bonds is 2. The second kappa shape index (κ2) is 5.90. The molecule has 0 bridgehead atoms. The summed E-state index contributed by atoms with van der Waals surface area (Å²) in [6.45, 7) is 5.04. The number of nitrogens with one attached hydrogen (secondary N) is 1. The number of para-hydroxylation sites is 1. The average molecular weight is 285 g/mol. The number of fused-ring (bicyclic) bond motifs is 1. The number of carbonyl (C=O) groups excluding carboxylic acids is 1. The van der Waals surface area contributed by atoms with Gasteiger partial charge in [0.15, 0.2) is 0 Å². The van der Waals surface area contributed by atoms with Crippen molar-refractivity contribution in [2.75, 3.05) is 26.7 Å². The Morgan fingerprint density at radius 2 is 2.14 bits per heavy atom. The zero-order chi connectivity index (χ0) is 14.8. The molecule has 1 unspecified atom stereocenters. The van der Waals surface area contributed by atoms with Gasteiger partial charge in [-0.2, -0.15) is 0 Å². The van der Waals surface area contributed by atoms with Crippen molar-refractivity contribution < 1.29 is 4.79 Å². The molecule has 1 aliphatic heterocycles. The summed E-state index contributed by atoms with van der Waals surface area (Å²) in [7, 11) is 2.13. The molecule has 4 nitrogen and oxygen atoms in total. The highest BCUT2D eigenvalue weighted by atomic mass is 16.2. The van der Waals surface area contributed by atoms with Gasteiger partial charge in [0.1, 0.15) is 0 Å². The van der Waals surface area contributed by atoms with Crippen LogP contribution >= 0.6 is 0 Å². The van der Waals surface area contributed by atoms with Gasteiger partial charge in [0.25, 0.3) is 0 Å². The highest BCUT2D eigenvalue weighted by Gasteiger charge is 2.24. The SMILES string of the molecule is CC1CN(C)CCCN1C(=O)Cc1c[nH]c2ccccc12. The fourth-order valence-corrected chi connectivity index (χ4v) is 3.29. The molecule has 0 radical (unpaired) electrons. The molecule has 1 atom stereocenters. The molecular weight excluding hydrogens is 262 g/mol. The van der Waals surface area contributed by atoms with E-state index in [2.05, 4.69) is 29.9 Å². The summed E-state index contributed by atoms with van der Waals surface area (Å²) in [6, 6.07) is 8.45. The first kappa shape index (κ1) is 14.1. The van der Waals surface area contributed by atoms with Crippen LogP contribution in [0, 0.1) is 0 Å². The van der Waals surface area contributed by atoms with E-state index in [1.807, 2.05) is 29.3 Å². The molecule has 1 saturated heterocycles. The van der Waals surface area contributed by atoms with Crippen LogP contribution in [0.15, 0.2) is 30.5 Å². The molecule has 1 amide bonds. The third kappa shape index (κ3) is 2.95. The number of hydrogen-bond donors (Lipinski definition) is 1. The number of nitrogens with zero attached hydrogens (tertiary/aromatic N) is 2. The van der Waals surface area contributed by atoms with Crippen molar-refractivity contribution in [2.45, 2.75) is 25.8 Å². The van der Waals surface area contributed by atoms with Crippen molar-refractivity contribution in [1.29, 1.82) is 0 Å². The molecule has 0 saturated carbocycles. The maximum atomic E-state index is 12.7. The Morgan fingerprint density at radius 1 is 1.33 bits per heavy atom. The van der Waals surface area contributed by atoms with E-state index in [1.54, 1.807) is 0 Å². The minimum Gasteiger partial charge on any atom is -0.361 e. The summed E-state index contributed by atoms with van der Waals surface area (Å²) in [6.07, 6.45) is 3.51. The Labute approximate surface area is 125 Å². The predicted octanol–water partition coefficient (Wildman–Crippen LogP) is 2.26. The number of H-pyrrole nitrogens is 1. The van der Waals surface area contributed by atoms with E-state index < -0.39 is 0 Å². The zero-order valence-corrected chi connectivity index (χ0v) is 12.8. The molecule has 21 heavy (non-hydrogen) atoms. The lowest BCUT2D eigenvalue weighted by atomic mass is 10.1. The van der Waals surface area contributed by atoms with Crippen LogP contribution in [0.3, 0.4) is 0 Å². The second-order valence-corrected chi connectivity index (χ2v) is 6.09. The number of hydrogen-bond acceptors (Lipinski definition) is 2. The van der Waals surface area contributed by atoms with Gasteiger partial charge in [0, 0.05) is 36.2 Å².